The van der Waals surface area contributed by atoms with E-state index < -0.39 is 49.3 Å². The number of hydrogen-bond donors (Lipinski definition) is 9. The number of thiazole rings is 2. The largest absolute Gasteiger partial charge is 0.394 e. The molecular weight excluding hydrogens is 949 g/mol. The highest BCUT2D eigenvalue weighted by molar-refractivity contribution is 7.22. The summed E-state index contributed by atoms with van der Waals surface area (Å²) < 4.78 is 57.5. The smallest absolute Gasteiger partial charge is 0.333 e. The van der Waals surface area contributed by atoms with Crippen molar-refractivity contribution in [2.24, 2.45) is 0 Å². The molecule has 69 heavy (non-hydrogen) atoms. The van der Waals surface area contributed by atoms with Gasteiger partial charge in [-0.05, 0) is 79.1 Å². The molecule has 362 valence electrons. The fourth-order valence-corrected chi connectivity index (χ4v) is 8.62. The number of aliphatic hydroxyl groups is 6. The van der Waals surface area contributed by atoms with Crippen molar-refractivity contribution in [2.45, 2.75) is 37.3 Å². The highest BCUT2D eigenvalue weighted by Gasteiger charge is 2.25. The van der Waals surface area contributed by atoms with Crippen LogP contribution in [-0.2, 0) is 0 Å². The number of aliphatic hydroxyl groups excluding tert-OH is 6. The first-order chi connectivity index (χ1) is 33.2. The number of aromatic nitrogens is 6. The number of imidazole rings is 1. The van der Waals surface area contributed by atoms with Crippen molar-refractivity contribution in [1.82, 2.24) is 39.7 Å². The molecule has 9 rings (SSSR count). The number of carbonyl (C=O) groups is 2. The summed E-state index contributed by atoms with van der Waals surface area (Å²) in [5.74, 6) is -1.90. The van der Waals surface area contributed by atoms with E-state index in [4.69, 9.17) is 10.2 Å². The lowest BCUT2D eigenvalue weighted by molar-refractivity contribution is -0.0155. The number of pyridine rings is 2. The Kier molecular flexibility index (Phi) is 16.9. The standard InChI is InChI=1S/C21H20F2N4O4S.C13H17FN2O3.C11H7FN4OS/c22-13-1-2-15-17(8-13)32-20(25-15)26-21(31)27-5-3-11(4-6-27)18-14(23)7-12(9-24-18)19(30)16(29)10-28;14-10-5-9(13(19)11(18)7-17)6-16-12(10)8-1-3-15-4-2-8;12-7-1-2-8-9(5-7)18-10(14-8)15-11(17)16-4-3-13-6-16/h1-3,7-9,16,19,28-30H,4-6,10H2,(H,25,26,31);1,5-6,11,13,15,17-19H,2-4,7H2;1-6H,(H,14,15,17)/t16-,19-;11-,13-;/m00./s1. The van der Waals surface area contributed by atoms with Crippen LogP contribution in [0.15, 0.2) is 91.8 Å². The molecule has 2 aromatic carbocycles. The molecule has 0 unspecified atom stereocenters. The number of amides is 3. The predicted molar refractivity (Wildman–Crippen MR) is 249 cm³/mol. The van der Waals surface area contributed by atoms with E-state index in [1.807, 2.05) is 6.08 Å². The van der Waals surface area contributed by atoms with Crippen LogP contribution >= 0.6 is 22.7 Å². The first kappa shape index (κ1) is 50.3. The normalized spacial score (nSPS) is 15.4. The van der Waals surface area contributed by atoms with Crippen LogP contribution in [0.2, 0.25) is 0 Å². The average Bonchev–Trinajstić information content (AvgIpc) is 4.14. The Morgan fingerprint density at radius 3 is 1.71 bits per heavy atom. The van der Waals surface area contributed by atoms with Crippen LogP contribution < -0.4 is 16.0 Å². The number of carbonyl (C=O) groups excluding carboxylic acids is 2. The summed E-state index contributed by atoms with van der Waals surface area (Å²) in [5, 5.41) is 65.3. The molecule has 3 amide bonds. The van der Waals surface area contributed by atoms with Gasteiger partial charge in [-0.1, -0.05) is 34.8 Å². The molecule has 0 saturated carbocycles. The molecule has 7 heterocycles. The van der Waals surface area contributed by atoms with Crippen LogP contribution in [0, 0.1) is 23.3 Å². The summed E-state index contributed by atoms with van der Waals surface area (Å²) in [6, 6.07) is 10.0. The van der Waals surface area contributed by atoms with Gasteiger partial charge in [0.05, 0.1) is 33.6 Å². The van der Waals surface area contributed by atoms with E-state index in [1.165, 1.54) is 87.5 Å². The zero-order valence-electron chi connectivity index (χ0n) is 36.1. The number of benzene rings is 2. The number of halogens is 4. The molecular formula is C45H44F4N10O8S2. The molecule has 2 aliphatic rings. The van der Waals surface area contributed by atoms with Crippen LogP contribution in [0.1, 0.15) is 47.6 Å². The minimum atomic E-state index is -1.45. The molecule has 18 nitrogen and oxygen atoms in total. The molecule has 0 fully saturated rings. The number of hydrogen-bond acceptors (Lipinski definition) is 16. The van der Waals surface area contributed by atoms with Crippen LogP contribution in [0.25, 0.3) is 31.6 Å². The van der Waals surface area contributed by atoms with Crippen LogP contribution in [0.5, 0.6) is 0 Å². The maximum Gasteiger partial charge on any atom is 0.333 e. The second-order valence-electron chi connectivity index (χ2n) is 15.3. The van der Waals surface area contributed by atoms with Crippen molar-refractivity contribution in [3.63, 3.8) is 0 Å². The quantitative estimate of drug-likeness (QED) is 0.0781. The zero-order chi connectivity index (χ0) is 49.2. The Morgan fingerprint density at radius 2 is 1.26 bits per heavy atom. The summed E-state index contributed by atoms with van der Waals surface area (Å²) in [6.07, 6.45) is 6.07. The van der Waals surface area contributed by atoms with Gasteiger partial charge in [0.1, 0.15) is 65.4 Å². The molecule has 7 aromatic rings. The number of nitrogens with one attached hydrogen (secondary N) is 3. The van der Waals surface area contributed by atoms with Crippen molar-refractivity contribution < 1.29 is 57.8 Å². The lowest BCUT2D eigenvalue weighted by atomic mass is 10.0. The van der Waals surface area contributed by atoms with E-state index >= 15 is 0 Å². The van der Waals surface area contributed by atoms with E-state index in [9.17, 15) is 47.6 Å². The summed E-state index contributed by atoms with van der Waals surface area (Å²) in [6.45, 7) is 0.759. The Morgan fingerprint density at radius 1 is 0.725 bits per heavy atom. The maximum absolute atomic E-state index is 14.6. The van der Waals surface area contributed by atoms with Gasteiger partial charge in [-0.3, -0.25) is 25.2 Å². The minimum absolute atomic E-state index is 0.0564. The Bertz CT molecular complexity index is 2980. The van der Waals surface area contributed by atoms with Crippen molar-refractivity contribution in [3.05, 3.63) is 138 Å². The molecule has 2 aliphatic heterocycles. The molecule has 0 aliphatic carbocycles. The van der Waals surface area contributed by atoms with Crippen LogP contribution in [0.3, 0.4) is 0 Å². The summed E-state index contributed by atoms with van der Waals surface area (Å²) in [4.78, 5) is 46.1. The van der Waals surface area contributed by atoms with Gasteiger partial charge in [0.2, 0.25) is 0 Å². The van der Waals surface area contributed by atoms with E-state index in [1.54, 1.807) is 18.2 Å². The van der Waals surface area contributed by atoms with Gasteiger partial charge in [-0.2, -0.15) is 0 Å². The molecule has 0 bridgehead atoms. The van der Waals surface area contributed by atoms with Gasteiger partial charge in [-0.25, -0.2) is 42.1 Å². The lowest BCUT2D eigenvalue weighted by Crippen LogP contribution is -2.38. The molecule has 5 aromatic heterocycles. The van der Waals surface area contributed by atoms with Crippen molar-refractivity contribution in [2.75, 3.05) is 50.0 Å². The number of urea groups is 1. The van der Waals surface area contributed by atoms with Crippen molar-refractivity contribution >= 4 is 76.6 Å². The first-order valence-electron chi connectivity index (χ1n) is 21.0. The topological polar surface area (TPSA) is 264 Å². The van der Waals surface area contributed by atoms with E-state index in [-0.39, 0.29) is 52.8 Å². The maximum atomic E-state index is 14.6. The molecule has 0 spiro atoms. The van der Waals surface area contributed by atoms with Gasteiger partial charge in [0.15, 0.2) is 10.3 Å². The van der Waals surface area contributed by atoms with E-state index in [0.717, 1.165) is 24.3 Å². The van der Waals surface area contributed by atoms with Gasteiger partial charge >= 0.3 is 12.1 Å². The van der Waals surface area contributed by atoms with Crippen LogP contribution in [-0.4, -0.2) is 129 Å². The average molecular weight is 993 g/mol. The summed E-state index contributed by atoms with van der Waals surface area (Å²) in [7, 11) is 0. The van der Waals surface area contributed by atoms with Gasteiger partial charge in [-0.15, -0.1) is 0 Å². The number of fused-ring (bicyclic) bond motifs is 2. The number of nitrogens with zero attached hydrogens (tertiary/aromatic N) is 7. The number of anilines is 2. The SMILES string of the molecule is O=C(Nc1nc2ccc(F)cc2s1)N1CC=C(c2ncc([C@H](O)[C@@H](O)CO)cc2F)CC1.O=C(Nc1nc2ccc(F)cc2s1)n1ccnc1.OC[C@H](O)[C@@H](O)c1cnc(C2=CCNCC2)c(F)c1. The highest BCUT2D eigenvalue weighted by Crippen LogP contribution is 2.30. The van der Waals surface area contributed by atoms with E-state index in [2.05, 4.69) is 40.9 Å². The number of rotatable bonds is 10. The second kappa shape index (κ2) is 23.1. The molecule has 4 atom stereocenters. The Labute approximate surface area is 397 Å². The lowest BCUT2D eigenvalue weighted by Gasteiger charge is -2.26. The van der Waals surface area contributed by atoms with Crippen molar-refractivity contribution in [3.8, 4) is 0 Å². The third-order valence-electron chi connectivity index (χ3n) is 10.5. The second-order valence-corrected chi connectivity index (χ2v) is 17.4. The monoisotopic (exact) mass is 992 g/mol. The Balaban J connectivity index is 0.000000163. The third kappa shape index (κ3) is 12.7. The highest BCUT2D eigenvalue weighted by atomic mass is 32.1. The molecule has 9 N–H and O–H groups in total. The summed E-state index contributed by atoms with van der Waals surface area (Å²) >= 11 is 2.39. The third-order valence-corrected chi connectivity index (χ3v) is 12.4. The van der Waals surface area contributed by atoms with E-state index in [0.29, 0.717) is 62.2 Å². The minimum Gasteiger partial charge on any atom is -0.394 e. The predicted octanol–water partition coefficient (Wildman–Crippen LogP) is 5.37. The van der Waals surface area contributed by atoms with Gasteiger partial charge in [0, 0.05) is 55.5 Å². The Hall–Kier alpha value is -6.61. The fraction of sp³-hybridized carbons (Fsp3) is 0.267. The van der Waals surface area contributed by atoms with Crippen molar-refractivity contribution in [1.29, 1.82) is 0 Å². The molecule has 24 heteroatoms. The van der Waals surface area contributed by atoms with Crippen LogP contribution in [0.4, 0.5) is 37.4 Å². The molecule has 0 radical (unpaired) electrons. The fourth-order valence-electron chi connectivity index (χ4n) is 6.86. The zero-order valence-corrected chi connectivity index (χ0v) is 37.7. The summed E-state index contributed by atoms with van der Waals surface area (Å²) in [5.41, 5.74) is 3.28. The van der Waals surface area contributed by atoms with Gasteiger partial charge in [0.25, 0.3) is 0 Å². The first-order valence-corrected chi connectivity index (χ1v) is 22.7. The van der Waals surface area contributed by atoms with Gasteiger partial charge < -0.3 is 40.9 Å². The molecule has 0 saturated heterocycles.